The normalized spacial score (nSPS) is 35.4. The van der Waals surface area contributed by atoms with Gasteiger partial charge in [-0.05, 0) is 42.4 Å². The fourth-order valence-corrected chi connectivity index (χ4v) is 4.15. The highest BCUT2D eigenvalue weighted by Gasteiger charge is 2.56. The van der Waals surface area contributed by atoms with Crippen LogP contribution in [0, 0.1) is 22.2 Å². The average Bonchev–Trinajstić information content (AvgIpc) is 3.16. The summed E-state index contributed by atoms with van der Waals surface area (Å²) in [6.45, 7) is 8.78. The number of nitrogens with zero attached hydrogens (tertiary/aromatic N) is 1. The maximum atomic E-state index is 12.4. The van der Waals surface area contributed by atoms with Crippen LogP contribution in [0.2, 0.25) is 0 Å². The Kier molecular flexibility index (Phi) is 3.05. The van der Waals surface area contributed by atoms with Crippen LogP contribution in [0.1, 0.15) is 46.5 Å². The number of piperidine rings is 1. The predicted octanol–water partition coefficient (Wildman–Crippen LogP) is 2.32. The highest BCUT2D eigenvalue weighted by Crippen LogP contribution is 2.58. The number of carboxylic acid groups (broad SMARTS) is 1. The van der Waals surface area contributed by atoms with E-state index in [1.165, 1.54) is 12.8 Å². The molecule has 5 nitrogen and oxygen atoms in total. The highest BCUT2D eigenvalue weighted by molar-refractivity contribution is 5.80. The van der Waals surface area contributed by atoms with Gasteiger partial charge in [-0.15, -0.1) is 0 Å². The first-order chi connectivity index (χ1) is 9.70. The Balaban J connectivity index is 1.61. The number of rotatable bonds is 3. The first-order valence-electron chi connectivity index (χ1n) is 7.96. The van der Waals surface area contributed by atoms with Crippen molar-refractivity contribution in [1.82, 2.24) is 10.2 Å². The molecule has 2 saturated carbocycles. The molecule has 5 heteroatoms. The van der Waals surface area contributed by atoms with Crippen molar-refractivity contribution < 1.29 is 14.7 Å². The Hall–Kier alpha value is -1.26. The zero-order valence-electron chi connectivity index (χ0n) is 13.2. The third-order valence-corrected chi connectivity index (χ3v) is 6.77. The minimum atomic E-state index is -0.783. The first kappa shape index (κ1) is 14.7. The summed E-state index contributed by atoms with van der Waals surface area (Å²) in [5.41, 5.74) is -0.229. The molecule has 1 heterocycles. The van der Waals surface area contributed by atoms with E-state index in [-0.39, 0.29) is 23.4 Å². The molecule has 1 aliphatic heterocycles. The molecule has 3 fully saturated rings. The third kappa shape index (κ3) is 2.12. The fraction of sp³-hybridized carbons (Fsp3) is 0.875. The fourth-order valence-electron chi connectivity index (χ4n) is 4.15. The number of aliphatic carboxylic acids is 1. The van der Waals surface area contributed by atoms with Gasteiger partial charge < -0.3 is 15.3 Å². The van der Waals surface area contributed by atoms with E-state index in [1.54, 1.807) is 0 Å². The van der Waals surface area contributed by atoms with E-state index in [9.17, 15) is 9.59 Å². The zero-order valence-corrected chi connectivity index (χ0v) is 13.2. The summed E-state index contributed by atoms with van der Waals surface area (Å²) in [7, 11) is 0. The van der Waals surface area contributed by atoms with Crippen LogP contribution >= 0.6 is 0 Å². The molecule has 2 N–H and O–H groups in total. The standard InChI is InChI=1S/C16H26N2O3/c1-14(2)11-4-5-15(14,3)10-18(8-11)13(21)17-9-16(6-7-16)12(19)20/h11H,4-10H2,1-3H3,(H,17,21)(H,19,20)/t11-,15+/m1/s1. The molecular weight excluding hydrogens is 268 g/mol. The summed E-state index contributed by atoms with van der Waals surface area (Å²) in [6.07, 6.45) is 3.71. The van der Waals surface area contributed by atoms with Gasteiger partial charge in [-0.1, -0.05) is 20.8 Å². The number of carboxylic acids is 1. The topological polar surface area (TPSA) is 69.6 Å². The second kappa shape index (κ2) is 4.37. The van der Waals surface area contributed by atoms with Crippen LogP contribution < -0.4 is 5.32 Å². The molecule has 1 saturated heterocycles. The molecule has 0 aromatic rings. The summed E-state index contributed by atoms with van der Waals surface area (Å²) in [5.74, 6) is -0.231. The number of likely N-dealkylation sites (tertiary alicyclic amines) is 1. The Morgan fingerprint density at radius 1 is 1.24 bits per heavy atom. The van der Waals surface area contributed by atoms with Gasteiger partial charge in [-0.3, -0.25) is 4.79 Å². The number of hydrogen-bond acceptors (Lipinski definition) is 2. The maximum absolute atomic E-state index is 12.4. The van der Waals surface area contributed by atoms with E-state index in [2.05, 4.69) is 26.1 Å². The minimum Gasteiger partial charge on any atom is -0.481 e. The van der Waals surface area contributed by atoms with Gasteiger partial charge in [0, 0.05) is 19.6 Å². The van der Waals surface area contributed by atoms with Crippen molar-refractivity contribution in [3.8, 4) is 0 Å². The van der Waals surface area contributed by atoms with Gasteiger partial charge in [0.1, 0.15) is 0 Å². The Labute approximate surface area is 126 Å². The van der Waals surface area contributed by atoms with Crippen LogP contribution in [0.25, 0.3) is 0 Å². The lowest BCUT2D eigenvalue weighted by molar-refractivity contribution is -0.143. The lowest BCUT2D eigenvalue weighted by Crippen LogP contribution is -2.56. The quantitative estimate of drug-likeness (QED) is 0.839. The van der Waals surface area contributed by atoms with Gasteiger partial charge in [-0.2, -0.15) is 0 Å². The van der Waals surface area contributed by atoms with Crippen molar-refractivity contribution in [2.45, 2.75) is 46.5 Å². The monoisotopic (exact) mass is 294 g/mol. The van der Waals surface area contributed by atoms with Crippen LogP contribution in [0.15, 0.2) is 0 Å². The van der Waals surface area contributed by atoms with Crippen molar-refractivity contribution in [3.05, 3.63) is 0 Å². The molecule has 2 amide bonds. The number of urea groups is 1. The smallest absolute Gasteiger partial charge is 0.317 e. The summed E-state index contributed by atoms with van der Waals surface area (Å²) >= 11 is 0. The molecule has 0 aromatic heterocycles. The van der Waals surface area contributed by atoms with Crippen molar-refractivity contribution in [2.24, 2.45) is 22.2 Å². The lowest BCUT2D eigenvalue weighted by Gasteiger charge is -2.50. The van der Waals surface area contributed by atoms with Crippen molar-refractivity contribution in [2.75, 3.05) is 19.6 Å². The van der Waals surface area contributed by atoms with E-state index < -0.39 is 11.4 Å². The van der Waals surface area contributed by atoms with Crippen LogP contribution in [0.5, 0.6) is 0 Å². The van der Waals surface area contributed by atoms with Crippen LogP contribution in [-0.4, -0.2) is 41.6 Å². The summed E-state index contributed by atoms with van der Waals surface area (Å²) < 4.78 is 0. The van der Waals surface area contributed by atoms with Crippen molar-refractivity contribution in [3.63, 3.8) is 0 Å². The first-order valence-corrected chi connectivity index (χ1v) is 7.96. The average molecular weight is 294 g/mol. The number of fused-ring (bicyclic) bond motifs is 2. The minimum absolute atomic E-state index is 0.0869. The number of carbonyl (C=O) groups excluding carboxylic acids is 1. The van der Waals surface area contributed by atoms with E-state index >= 15 is 0 Å². The molecule has 3 rings (SSSR count). The number of amides is 2. The van der Waals surface area contributed by atoms with E-state index in [1.807, 2.05) is 4.90 Å². The second-order valence-corrected chi connectivity index (χ2v) is 8.14. The molecule has 0 aromatic carbocycles. The van der Waals surface area contributed by atoms with Gasteiger partial charge in [-0.25, -0.2) is 4.79 Å². The molecule has 0 unspecified atom stereocenters. The van der Waals surface area contributed by atoms with E-state index in [0.717, 1.165) is 13.1 Å². The van der Waals surface area contributed by atoms with Crippen LogP contribution in [0.4, 0.5) is 4.79 Å². The molecule has 3 aliphatic rings. The predicted molar refractivity (Wildman–Crippen MR) is 78.9 cm³/mol. The van der Waals surface area contributed by atoms with Crippen molar-refractivity contribution in [1.29, 1.82) is 0 Å². The molecule has 2 bridgehead atoms. The summed E-state index contributed by atoms with van der Waals surface area (Å²) in [6, 6.07) is -0.0869. The van der Waals surface area contributed by atoms with Crippen molar-refractivity contribution >= 4 is 12.0 Å². The Morgan fingerprint density at radius 2 is 1.90 bits per heavy atom. The Bertz CT molecular complexity index is 484. The van der Waals surface area contributed by atoms with Gasteiger partial charge in [0.25, 0.3) is 0 Å². The maximum Gasteiger partial charge on any atom is 0.317 e. The van der Waals surface area contributed by atoms with E-state index in [4.69, 9.17) is 5.11 Å². The molecule has 2 atom stereocenters. The Morgan fingerprint density at radius 3 is 2.43 bits per heavy atom. The molecule has 0 radical (unpaired) electrons. The molecular formula is C16H26N2O3. The molecule has 0 spiro atoms. The van der Waals surface area contributed by atoms with Crippen LogP contribution in [0.3, 0.4) is 0 Å². The van der Waals surface area contributed by atoms with Crippen LogP contribution in [-0.2, 0) is 4.79 Å². The number of hydrogen-bond donors (Lipinski definition) is 2. The van der Waals surface area contributed by atoms with Gasteiger partial charge in [0.2, 0.25) is 0 Å². The van der Waals surface area contributed by atoms with Gasteiger partial charge >= 0.3 is 12.0 Å². The lowest BCUT2D eigenvalue weighted by atomic mass is 9.63. The molecule has 2 aliphatic carbocycles. The molecule has 21 heavy (non-hydrogen) atoms. The van der Waals surface area contributed by atoms with Gasteiger partial charge in [0.05, 0.1) is 5.41 Å². The number of carbonyl (C=O) groups is 2. The zero-order chi connectivity index (χ0) is 15.5. The SMILES string of the molecule is CC1(C)[C@@H]2CC[C@@]1(C)CN(C(=O)NCC1(C(=O)O)CC1)C2. The number of nitrogens with one attached hydrogen (secondary N) is 1. The van der Waals surface area contributed by atoms with Gasteiger partial charge in [0.15, 0.2) is 0 Å². The molecule has 118 valence electrons. The highest BCUT2D eigenvalue weighted by atomic mass is 16.4. The third-order valence-electron chi connectivity index (χ3n) is 6.77. The summed E-state index contributed by atoms with van der Waals surface area (Å²) in [4.78, 5) is 25.5. The van der Waals surface area contributed by atoms with E-state index in [0.29, 0.717) is 18.8 Å². The largest absolute Gasteiger partial charge is 0.481 e. The summed E-state index contributed by atoms with van der Waals surface area (Å²) in [5, 5.41) is 12.0. The second-order valence-electron chi connectivity index (χ2n) is 8.14.